The van der Waals surface area contributed by atoms with Gasteiger partial charge in [0.25, 0.3) is 5.91 Å². The molecule has 4 rings (SSSR count). The summed E-state index contributed by atoms with van der Waals surface area (Å²) in [4.78, 5) is 12.8. The molecule has 160 valence electrons. The van der Waals surface area contributed by atoms with E-state index in [1.807, 2.05) is 62.2 Å². The number of allylic oxidation sites excluding steroid dienone is 2. The van der Waals surface area contributed by atoms with Gasteiger partial charge in [0.1, 0.15) is 17.6 Å². The Labute approximate surface area is 183 Å². The van der Waals surface area contributed by atoms with Crippen LogP contribution in [0.3, 0.4) is 0 Å². The number of carbonyl (C=O) groups excluding carboxylic acids is 1. The van der Waals surface area contributed by atoms with Crippen molar-refractivity contribution in [3.8, 4) is 5.75 Å². The van der Waals surface area contributed by atoms with Crippen molar-refractivity contribution in [2.24, 2.45) is 5.10 Å². The van der Waals surface area contributed by atoms with Crippen molar-refractivity contribution in [3.63, 3.8) is 0 Å². The third-order valence-electron chi connectivity index (χ3n) is 5.50. The molecule has 2 heterocycles. The number of hydrogen-bond acceptors (Lipinski definition) is 5. The van der Waals surface area contributed by atoms with Gasteiger partial charge in [-0.3, -0.25) is 15.1 Å². The zero-order valence-corrected chi connectivity index (χ0v) is 18.2. The number of amides is 1. The molecule has 2 N–H and O–H groups in total. The number of nitrogens with one attached hydrogen (secondary N) is 2. The first kappa shape index (κ1) is 20.9. The molecule has 6 nitrogen and oxygen atoms in total. The maximum Gasteiger partial charge on any atom is 0.272 e. The largest absolute Gasteiger partial charge is 0.494 e. The van der Waals surface area contributed by atoms with E-state index in [1.54, 1.807) is 0 Å². The molecule has 0 saturated carbocycles. The minimum atomic E-state index is -0.176. The lowest BCUT2D eigenvalue weighted by Gasteiger charge is -2.34. The number of rotatable bonds is 6. The lowest BCUT2D eigenvalue weighted by atomic mass is 10.0. The van der Waals surface area contributed by atoms with E-state index in [4.69, 9.17) is 4.74 Å². The second kappa shape index (κ2) is 8.78. The number of benzene rings is 2. The molecule has 31 heavy (non-hydrogen) atoms. The Hall–Kier alpha value is -3.38. The smallest absolute Gasteiger partial charge is 0.272 e. The summed E-state index contributed by atoms with van der Waals surface area (Å²) in [5.74, 6) is 0.688. The van der Waals surface area contributed by atoms with Crippen molar-refractivity contribution in [1.82, 2.24) is 10.3 Å². The van der Waals surface area contributed by atoms with E-state index in [9.17, 15) is 4.79 Å². The predicted octanol–water partition coefficient (Wildman–Crippen LogP) is 4.69. The van der Waals surface area contributed by atoms with Gasteiger partial charge < -0.3 is 10.1 Å². The third kappa shape index (κ3) is 4.54. The Balaban J connectivity index is 1.42. The van der Waals surface area contributed by atoms with Gasteiger partial charge in [0.15, 0.2) is 0 Å². The van der Waals surface area contributed by atoms with Gasteiger partial charge in [-0.05, 0) is 62.2 Å². The molecule has 2 aromatic rings. The Kier molecular flexibility index (Phi) is 5.91. The Morgan fingerprint density at radius 1 is 1.23 bits per heavy atom. The molecule has 2 atom stereocenters. The molecular weight excluding hydrogens is 388 g/mol. The molecule has 6 heteroatoms. The summed E-state index contributed by atoms with van der Waals surface area (Å²) in [6.45, 7) is 10.5. The van der Waals surface area contributed by atoms with E-state index in [1.165, 1.54) is 0 Å². The molecule has 0 radical (unpaired) electrons. The van der Waals surface area contributed by atoms with E-state index in [0.717, 1.165) is 33.8 Å². The Morgan fingerprint density at radius 2 is 1.94 bits per heavy atom. The van der Waals surface area contributed by atoms with Gasteiger partial charge >= 0.3 is 0 Å². The highest BCUT2D eigenvalue weighted by atomic mass is 16.5. The highest BCUT2D eigenvalue weighted by molar-refractivity contribution is 6.43. The van der Waals surface area contributed by atoms with Crippen LogP contribution in [0.4, 0.5) is 5.69 Å². The second-order valence-corrected chi connectivity index (χ2v) is 7.88. The van der Waals surface area contributed by atoms with Gasteiger partial charge in [-0.15, -0.1) is 0 Å². The normalized spacial score (nSPS) is 19.9. The van der Waals surface area contributed by atoms with Crippen LogP contribution in [0, 0.1) is 0 Å². The average Bonchev–Trinajstić information content (AvgIpc) is 3.20. The summed E-state index contributed by atoms with van der Waals surface area (Å²) in [5, 5.41) is 13.0. The van der Waals surface area contributed by atoms with Crippen molar-refractivity contribution in [2.45, 2.75) is 39.4 Å². The van der Waals surface area contributed by atoms with Crippen LogP contribution in [0.2, 0.25) is 0 Å². The van der Waals surface area contributed by atoms with Crippen LogP contribution in [-0.2, 0) is 4.79 Å². The minimum absolute atomic E-state index is 0.0480. The monoisotopic (exact) mass is 416 g/mol. The Morgan fingerprint density at radius 3 is 2.58 bits per heavy atom. The fraction of sp³-hybridized carbons (Fsp3) is 0.280. The van der Waals surface area contributed by atoms with Crippen LogP contribution in [0.15, 0.2) is 72.0 Å². The van der Waals surface area contributed by atoms with Crippen LogP contribution in [-0.4, -0.2) is 29.4 Å². The van der Waals surface area contributed by atoms with Crippen LogP contribution >= 0.6 is 0 Å². The topological polar surface area (TPSA) is 66.0 Å². The van der Waals surface area contributed by atoms with Crippen molar-refractivity contribution >= 4 is 22.9 Å². The standard InChI is InChI=1S/C25H28N4O2/c1-5-31-21-12-8-19(9-13-21)22-14-17(4)29-24(27-22)15-23(28-29)25(30)26-20-10-6-18(7-11-20)16(2)3/h6-14,22,24,27H,2,5,15H2,1,3-4H3,(H,26,30). The van der Waals surface area contributed by atoms with Crippen LogP contribution < -0.4 is 15.4 Å². The summed E-state index contributed by atoms with van der Waals surface area (Å²) >= 11 is 0. The zero-order valence-electron chi connectivity index (χ0n) is 18.2. The first-order valence-electron chi connectivity index (χ1n) is 10.6. The average molecular weight is 417 g/mol. The summed E-state index contributed by atoms with van der Waals surface area (Å²) < 4.78 is 5.53. The molecule has 0 bridgehead atoms. The predicted molar refractivity (Wildman–Crippen MR) is 125 cm³/mol. The summed E-state index contributed by atoms with van der Waals surface area (Å²) in [6.07, 6.45) is 2.62. The highest BCUT2D eigenvalue weighted by Crippen LogP contribution is 2.30. The number of ether oxygens (including phenoxy) is 1. The summed E-state index contributed by atoms with van der Waals surface area (Å²) in [6, 6.07) is 15.8. The second-order valence-electron chi connectivity index (χ2n) is 7.88. The van der Waals surface area contributed by atoms with Crippen LogP contribution in [0.25, 0.3) is 5.57 Å². The quantitative estimate of drug-likeness (QED) is 0.717. The third-order valence-corrected chi connectivity index (χ3v) is 5.50. The van der Waals surface area contributed by atoms with Gasteiger partial charge in [-0.2, -0.15) is 5.10 Å². The molecule has 0 spiro atoms. The van der Waals surface area contributed by atoms with Crippen molar-refractivity contribution in [2.75, 3.05) is 11.9 Å². The molecule has 2 unspecified atom stereocenters. The van der Waals surface area contributed by atoms with E-state index in [0.29, 0.717) is 18.7 Å². The van der Waals surface area contributed by atoms with E-state index in [2.05, 4.69) is 40.5 Å². The molecule has 2 aliphatic rings. The highest BCUT2D eigenvalue weighted by Gasteiger charge is 2.35. The molecule has 0 aliphatic carbocycles. The zero-order chi connectivity index (χ0) is 22.0. The van der Waals surface area contributed by atoms with Crippen LogP contribution in [0.1, 0.15) is 44.4 Å². The lowest BCUT2D eigenvalue weighted by Crippen LogP contribution is -2.44. The molecule has 2 aromatic carbocycles. The van der Waals surface area contributed by atoms with Crippen molar-refractivity contribution in [3.05, 3.63) is 78.0 Å². The SMILES string of the molecule is C=C(C)c1ccc(NC(=O)C2=NN3C(C)=CC(c4ccc(OCC)cc4)NC3C2)cc1. The molecule has 0 fully saturated rings. The number of anilines is 1. The minimum Gasteiger partial charge on any atom is -0.494 e. The number of hydrogen-bond donors (Lipinski definition) is 2. The van der Waals surface area contributed by atoms with Gasteiger partial charge in [0, 0.05) is 17.8 Å². The molecule has 1 amide bonds. The molecule has 2 aliphatic heterocycles. The number of nitrogens with zero attached hydrogens (tertiary/aromatic N) is 2. The van der Waals surface area contributed by atoms with E-state index >= 15 is 0 Å². The van der Waals surface area contributed by atoms with Gasteiger partial charge in [-0.25, -0.2) is 0 Å². The van der Waals surface area contributed by atoms with Crippen LogP contribution in [0.5, 0.6) is 5.75 Å². The summed E-state index contributed by atoms with van der Waals surface area (Å²) in [5.41, 5.74) is 5.48. The van der Waals surface area contributed by atoms with Crippen molar-refractivity contribution < 1.29 is 9.53 Å². The first-order chi connectivity index (χ1) is 14.9. The fourth-order valence-electron chi connectivity index (χ4n) is 3.85. The summed E-state index contributed by atoms with van der Waals surface area (Å²) in [7, 11) is 0. The maximum absolute atomic E-state index is 12.8. The van der Waals surface area contributed by atoms with Gasteiger partial charge in [0.05, 0.1) is 12.6 Å². The van der Waals surface area contributed by atoms with E-state index in [-0.39, 0.29) is 18.1 Å². The maximum atomic E-state index is 12.8. The molecule has 0 aromatic heterocycles. The first-order valence-corrected chi connectivity index (χ1v) is 10.6. The van der Waals surface area contributed by atoms with Crippen molar-refractivity contribution in [1.29, 1.82) is 0 Å². The Bertz CT molecular complexity index is 1040. The lowest BCUT2D eigenvalue weighted by molar-refractivity contribution is -0.110. The number of carbonyl (C=O) groups is 1. The van der Waals surface area contributed by atoms with Gasteiger partial charge in [-0.1, -0.05) is 36.4 Å². The fourth-order valence-corrected chi connectivity index (χ4v) is 3.85. The molecular formula is C25H28N4O2. The number of hydrazone groups is 1. The van der Waals surface area contributed by atoms with Gasteiger partial charge in [0.2, 0.25) is 0 Å². The number of fused-ring (bicyclic) bond motifs is 1. The van der Waals surface area contributed by atoms with E-state index < -0.39 is 0 Å². The molecule has 0 saturated heterocycles.